The van der Waals surface area contributed by atoms with Crippen molar-refractivity contribution in [2.24, 2.45) is 4.99 Å². The number of aromatic nitrogens is 1. The monoisotopic (exact) mass is 295 g/mol. The molecule has 1 aromatic carbocycles. The second-order valence-electron chi connectivity index (χ2n) is 5.71. The molecule has 2 unspecified atom stereocenters. The van der Waals surface area contributed by atoms with Gasteiger partial charge in [-0.05, 0) is 25.0 Å². The molecule has 1 amide bonds. The number of aliphatic imine (C=N–C) groups is 1. The average Bonchev–Trinajstić information content (AvgIpc) is 3.25. The first kappa shape index (κ1) is 13.2. The van der Waals surface area contributed by atoms with Crippen LogP contribution in [0.4, 0.5) is 0 Å². The molecule has 0 saturated carbocycles. The maximum atomic E-state index is 12.7. The average molecular weight is 295 g/mol. The fraction of sp³-hybridized carbons (Fsp3) is 0.353. The number of pyridine rings is 1. The molecule has 0 spiro atoms. The molecule has 22 heavy (non-hydrogen) atoms. The highest BCUT2D eigenvalue weighted by molar-refractivity contribution is 5.88. The van der Waals surface area contributed by atoms with E-state index in [0.29, 0.717) is 0 Å². The number of benzene rings is 1. The third-order valence-electron chi connectivity index (χ3n) is 4.38. The Morgan fingerprint density at radius 3 is 2.86 bits per heavy atom. The normalized spacial score (nSPS) is 23.9. The molecule has 0 N–H and O–H groups in total. The van der Waals surface area contributed by atoms with E-state index in [2.05, 4.69) is 9.98 Å². The number of rotatable bonds is 2. The van der Waals surface area contributed by atoms with Crippen LogP contribution < -0.4 is 0 Å². The van der Waals surface area contributed by atoms with Crippen LogP contribution in [0.25, 0.3) is 10.9 Å². The summed E-state index contributed by atoms with van der Waals surface area (Å²) in [5.41, 5.74) is 1.88. The van der Waals surface area contributed by atoms with E-state index in [1.807, 2.05) is 35.2 Å². The summed E-state index contributed by atoms with van der Waals surface area (Å²) >= 11 is 0. The minimum absolute atomic E-state index is 0.0668. The third-order valence-corrected chi connectivity index (χ3v) is 4.38. The lowest BCUT2D eigenvalue weighted by atomic mass is 9.98. The fourth-order valence-corrected chi connectivity index (χ4v) is 3.25. The van der Waals surface area contributed by atoms with Gasteiger partial charge in [0.05, 0.1) is 5.52 Å². The van der Waals surface area contributed by atoms with Crippen molar-refractivity contribution in [3.05, 3.63) is 42.1 Å². The Kier molecular flexibility index (Phi) is 3.25. The topological polar surface area (TPSA) is 54.8 Å². The van der Waals surface area contributed by atoms with Crippen LogP contribution in [-0.4, -0.2) is 41.3 Å². The minimum Gasteiger partial charge on any atom is -0.473 e. The molecular weight excluding hydrogens is 278 g/mol. The van der Waals surface area contributed by atoms with Gasteiger partial charge < -0.3 is 9.64 Å². The van der Waals surface area contributed by atoms with Crippen LogP contribution in [0.15, 0.2) is 41.5 Å². The van der Waals surface area contributed by atoms with Crippen molar-refractivity contribution in [1.82, 2.24) is 9.88 Å². The summed E-state index contributed by atoms with van der Waals surface area (Å²) in [6, 6.07) is 9.34. The predicted octanol–water partition coefficient (Wildman–Crippen LogP) is 2.33. The lowest BCUT2D eigenvalue weighted by Crippen LogP contribution is -2.38. The quantitative estimate of drug-likeness (QED) is 0.854. The molecule has 3 heterocycles. The third kappa shape index (κ3) is 2.13. The van der Waals surface area contributed by atoms with Gasteiger partial charge in [-0.15, -0.1) is 0 Å². The number of nitrogens with zero attached hydrogens (tertiary/aromatic N) is 3. The Balaban J connectivity index is 1.70. The van der Waals surface area contributed by atoms with E-state index in [1.54, 1.807) is 6.20 Å². The zero-order chi connectivity index (χ0) is 14.9. The molecule has 5 heteroatoms. The van der Waals surface area contributed by atoms with Crippen LogP contribution in [0.1, 0.15) is 24.5 Å². The highest BCUT2D eigenvalue weighted by Gasteiger charge is 2.38. The molecular formula is C17H17N3O2. The van der Waals surface area contributed by atoms with Crippen LogP contribution in [0, 0.1) is 0 Å². The van der Waals surface area contributed by atoms with Crippen molar-refractivity contribution in [2.45, 2.75) is 25.0 Å². The number of hydrogen-bond donors (Lipinski definition) is 0. The first-order valence-corrected chi connectivity index (χ1v) is 7.64. The molecule has 2 atom stereocenters. The summed E-state index contributed by atoms with van der Waals surface area (Å²) in [7, 11) is 0. The molecule has 2 aromatic rings. The van der Waals surface area contributed by atoms with Gasteiger partial charge in [-0.1, -0.05) is 18.2 Å². The first-order valence-electron chi connectivity index (χ1n) is 7.64. The molecule has 2 aliphatic rings. The number of amides is 1. The smallest absolute Gasteiger partial charge is 0.251 e. The SMILES string of the molecule is O=C(C1N=COC1c1ccnc2ccccc12)N1CCCC1. The van der Waals surface area contributed by atoms with E-state index in [-0.39, 0.29) is 12.0 Å². The molecule has 1 aromatic heterocycles. The van der Waals surface area contributed by atoms with Crippen molar-refractivity contribution in [3.63, 3.8) is 0 Å². The summed E-state index contributed by atoms with van der Waals surface area (Å²) in [5.74, 6) is 0.0668. The largest absolute Gasteiger partial charge is 0.473 e. The molecule has 0 aliphatic carbocycles. The van der Waals surface area contributed by atoms with E-state index in [0.717, 1.165) is 42.4 Å². The Bertz CT molecular complexity index is 732. The molecule has 5 nitrogen and oxygen atoms in total. The second-order valence-corrected chi connectivity index (χ2v) is 5.71. The summed E-state index contributed by atoms with van der Waals surface area (Å²) in [6.45, 7) is 1.66. The summed E-state index contributed by atoms with van der Waals surface area (Å²) in [4.78, 5) is 23.2. The van der Waals surface area contributed by atoms with E-state index >= 15 is 0 Å². The zero-order valence-electron chi connectivity index (χ0n) is 12.2. The van der Waals surface area contributed by atoms with Crippen LogP contribution >= 0.6 is 0 Å². The predicted molar refractivity (Wildman–Crippen MR) is 83.7 cm³/mol. The Morgan fingerprint density at radius 2 is 2.00 bits per heavy atom. The van der Waals surface area contributed by atoms with Gasteiger partial charge in [0.1, 0.15) is 0 Å². The maximum Gasteiger partial charge on any atom is 0.251 e. The molecule has 1 saturated heterocycles. The Hall–Kier alpha value is -2.43. The van der Waals surface area contributed by atoms with E-state index in [4.69, 9.17) is 4.74 Å². The number of para-hydroxylation sites is 1. The Labute approximate surface area is 128 Å². The minimum atomic E-state index is -0.482. The highest BCUT2D eigenvalue weighted by Crippen LogP contribution is 2.33. The van der Waals surface area contributed by atoms with Gasteiger partial charge in [-0.3, -0.25) is 9.78 Å². The number of fused-ring (bicyclic) bond motifs is 1. The standard InChI is InChI=1S/C17H17N3O2/c21-17(20-9-3-4-10-20)15-16(22-11-19-15)13-7-8-18-14-6-2-1-5-12(13)14/h1-2,5-8,11,15-16H,3-4,9-10H2. The van der Waals surface area contributed by atoms with Crippen molar-refractivity contribution in [3.8, 4) is 0 Å². The maximum absolute atomic E-state index is 12.7. The number of carbonyl (C=O) groups excluding carboxylic acids is 1. The van der Waals surface area contributed by atoms with Gasteiger partial charge in [-0.25, -0.2) is 4.99 Å². The van der Waals surface area contributed by atoms with Crippen LogP contribution in [0.5, 0.6) is 0 Å². The number of likely N-dealkylation sites (tertiary alicyclic amines) is 1. The Morgan fingerprint density at radius 1 is 1.18 bits per heavy atom. The second kappa shape index (κ2) is 5.40. The van der Waals surface area contributed by atoms with Crippen molar-refractivity contribution < 1.29 is 9.53 Å². The van der Waals surface area contributed by atoms with Gasteiger partial charge in [0, 0.05) is 30.2 Å². The van der Waals surface area contributed by atoms with Crippen LogP contribution in [-0.2, 0) is 9.53 Å². The first-order chi connectivity index (χ1) is 10.8. The molecule has 0 bridgehead atoms. The van der Waals surface area contributed by atoms with Crippen LogP contribution in [0.2, 0.25) is 0 Å². The molecule has 2 aliphatic heterocycles. The number of ether oxygens (including phenoxy) is 1. The molecule has 4 rings (SSSR count). The number of hydrogen-bond acceptors (Lipinski definition) is 4. The van der Waals surface area contributed by atoms with Crippen molar-refractivity contribution in [1.29, 1.82) is 0 Å². The molecule has 1 fully saturated rings. The van der Waals surface area contributed by atoms with Gasteiger partial charge in [0.2, 0.25) is 0 Å². The lowest BCUT2D eigenvalue weighted by molar-refractivity contribution is -0.133. The summed E-state index contributed by atoms with van der Waals surface area (Å²) < 4.78 is 5.67. The summed E-state index contributed by atoms with van der Waals surface area (Å²) in [6.07, 6.45) is 4.97. The van der Waals surface area contributed by atoms with E-state index < -0.39 is 6.04 Å². The van der Waals surface area contributed by atoms with Crippen molar-refractivity contribution >= 4 is 23.2 Å². The van der Waals surface area contributed by atoms with E-state index in [1.165, 1.54) is 6.40 Å². The lowest BCUT2D eigenvalue weighted by Gasteiger charge is -2.23. The zero-order valence-corrected chi connectivity index (χ0v) is 12.2. The molecule has 112 valence electrons. The van der Waals surface area contributed by atoms with Gasteiger partial charge >= 0.3 is 0 Å². The molecule has 0 radical (unpaired) electrons. The fourth-order valence-electron chi connectivity index (χ4n) is 3.25. The number of carbonyl (C=O) groups is 1. The van der Waals surface area contributed by atoms with Gasteiger partial charge in [0.25, 0.3) is 5.91 Å². The van der Waals surface area contributed by atoms with E-state index in [9.17, 15) is 4.79 Å². The highest BCUT2D eigenvalue weighted by atomic mass is 16.5. The van der Waals surface area contributed by atoms with Gasteiger partial charge in [-0.2, -0.15) is 0 Å². The van der Waals surface area contributed by atoms with Crippen LogP contribution in [0.3, 0.4) is 0 Å². The summed E-state index contributed by atoms with van der Waals surface area (Å²) in [5, 5.41) is 1.01. The van der Waals surface area contributed by atoms with Gasteiger partial charge in [0.15, 0.2) is 18.5 Å². The van der Waals surface area contributed by atoms with Crippen molar-refractivity contribution in [2.75, 3.05) is 13.1 Å².